The van der Waals surface area contributed by atoms with Gasteiger partial charge in [0.1, 0.15) is 10.6 Å². The number of piperidine rings is 1. The minimum Gasteiger partial charge on any atom is -0.349 e. The predicted octanol–water partition coefficient (Wildman–Crippen LogP) is 0.682. The fraction of sp³-hybridized carbons (Fsp3) is 0.688. The van der Waals surface area contributed by atoms with Crippen molar-refractivity contribution in [3.8, 4) is 0 Å². The molecule has 0 spiro atoms. The molecule has 2 aliphatic rings. The molecule has 3 rings (SSSR count). The summed E-state index contributed by atoms with van der Waals surface area (Å²) in [4.78, 5) is 12.6. The zero-order valence-electron chi connectivity index (χ0n) is 14.1. The van der Waals surface area contributed by atoms with Crippen LogP contribution in [0.2, 0.25) is 0 Å². The van der Waals surface area contributed by atoms with Crippen molar-refractivity contribution in [2.45, 2.75) is 43.0 Å². The standard InChI is InChI=1S/C16H26N4O3S/c1-19-12-14(24(22,23)20-8-3-2-4-9-20)10-15(19)16(21)18-11-13-6-5-7-17-13/h10,12-13,17H,2-9,11H2,1H3,(H,18,21). The highest BCUT2D eigenvalue weighted by atomic mass is 32.2. The molecule has 1 unspecified atom stereocenters. The third kappa shape index (κ3) is 3.65. The fourth-order valence-corrected chi connectivity index (χ4v) is 4.98. The van der Waals surface area contributed by atoms with E-state index in [1.807, 2.05) is 0 Å². The van der Waals surface area contributed by atoms with Gasteiger partial charge in [-0.15, -0.1) is 0 Å². The average molecular weight is 354 g/mol. The van der Waals surface area contributed by atoms with Gasteiger partial charge in [0.25, 0.3) is 5.91 Å². The van der Waals surface area contributed by atoms with Crippen molar-refractivity contribution in [3.05, 3.63) is 18.0 Å². The van der Waals surface area contributed by atoms with E-state index in [4.69, 9.17) is 0 Å². The van der Waals surface area contributed by atoms with Crippen molar-refractivity contribution in [2.75, 3.05) is 26.2 Å². The third-order valence-corrected chi connectivity index (χ3v) is 6.70. The summed E-state index contributed by atoms with van der Waals surface area (Å²) in [6, 6.07) is 1.80. The number of hydrogen-bond acceptors (Lipinski definition) is 4. The molecule has 2 saturated heterocycles. The molecule has 2 aliphatic heterocycles. The summed E-state index contributed by atoms with van der Waals surface area (Å²) in [7, 11) is -1.80. The van der Waals surface area contributed by atoms with E-state index in [2.05, 4.69) is 10.6 Å². The molecule has 24 heavy (non-hydrogen) atoms. The first-order valence-electron chi connectivity index (χ1n) is 8.66. The van der Waals surface area contributed by atoms with Crippen LogP contribution >= 0.6 is 0 Å². The van der Waals surface area contributed by atoms with Crippen LogP contribution in [-0.2, 0) is 17.1 Å². The van der Waals surface area contributed by atoms with E-state index in [1.54, 1.807) is 11.6 Å². The molecular weight excluding hydrogens is 328 g/mol. The summed E-state index contributed by atoms with van der Waals surface area (Å²) < 4.78 is 28.5. The summed E-state index contributed by atoms with van der Waals surface area (Å²) in [5.41, 5.74) is 0.378. The van der Waals surface area contributed by atoms with Crippen molar-refractivity contribution in [2.24, 2.45) is 7.05 Å². The Hall–Kier alpha value is -1.38. The molecule has 0 radical (unpaired) electrons. The Morgan fingerprint density at radius 2 is 2.04 bits per heavy atom. The van der Waals surface area contributed by atoms with Crippen molar-refractivity contribution >= 4 is 15.9 Å². The van der Waals surface area contributed by atoms with Crippen LogP contribution in [0, 0.1) is 0 Å². The maximum Gasteiger partial charge on any atom is 0.267 e. The Morgan fingerprint density at radius 1 is 1.29 bits per heavy atom. The topological polar surface area (TPSA) is 83.4 Å². The summed E-state index contributed by atoms with van der Waals surface area (Å²) in [5.74, 6) is -0.230. The smallest absolute Gasteiger partial charge is 0.267 e. The second-order valence-electron chi connectivity index (χ2n) is 6.64. The van der Waals surface area contributed by atoms with E-state index in [9.17, 15) is 13.2 Å². The van der Waals surface area contributed by atoms with Gasteiger partial charge in [-0.3, -0.25) is 4.79 Å². The van der Waals surface area contributed by atoms with Gasteiger partial charge in [-0.05, 0) is 38.3 Å². The minimum atomic E-state index is -3.51. The van der Waals surface area contributed by atoms with Gasteiger partial charge in [-0.25, -0.2) is 8.42 Å². The lowest BCUT2D eigenvalue weighted by Crippen LogP contribution is -2.37. The van der Waals surface area contributed by atoms with Gasteiger partial charge in [0.15, 0.2) is 0 Å². The zero-order valence-corrected chi connectivity index (χ0v) is 14.9. The second kappa shape index (κ2) is 7.25. The third-order valence-electron chi connectivity index (χ3n) is 4.84. The van der Waals surface area contributed by atoms with Crippen LogP contribution in [-0.4, -0.2) is 55.4 Å². The SMILES string of the molecule is Cn1cc(S(=O)(=O)N2CCCCC2)cc1C(=O)NCC1CCCN1. The minimum absolute atomic E-state index is 0.205. The number of hydrogen-bond donors (Lipinski definition) is 2. The first kappa shape index (κ1) is 17.4. The Bertz CT molecular complexity index is 686. The molecule has 2 fully saturated rings. The van der Waals surface area contributed by atoms with Crippen molar-refractivity contribution in [3.63, 3.8) is 0 Å². The molecule has 1 aromatic heterocycles. The van der Waals surface area contributed by atoms with E-state index in [0.29, 0.717) is 31.4 Å². The van der Waals surface area contributed by atoms with Gasteiger partial charge in [-0.1, -0.05) is 6.42 Å². The van der Waals surface area contributed by atoms with E-state index in [1.165, 1.54) is 16.6 Å². The molecule has 0 saturated carbocycles. The Balaban J connectivity index is 1.70. The van der Waals surface area contributed by atoms with Gasteiger partial charge in [-0.2, -0.15) is 4.31 Å². The number of rotatable bonds is 5. The Labute approximate surface area is 143 Å². The number of carbonyl (C=O) groups is 1. The zero-order chi connectivity index (χ0) is 17.2. The number of nitrogens with zero attached hydrogens (tertiary/aromatic N) is 2. The van der Waals surface area contributed by atoms with Crippen molar-refractivity contribution in [1.82, 2.24) is 19.5 Å². The van der Waals surface area contributed by atoms with Crippen LogP contribution in [0.5, 0.6) is 0 Å². The lowest BCUT2D eigenvalue weighted by Gasteiger charge is -2.25. The summed E-state index contributed by atoms with van der Waals surface area (Å²) >= 11 is 0. The highest BCUT2D eigenvalue weighted by molar-refractivity contribution is 7.89. The van der Waals surface area contributed by atoms with Gasteiger partial charge in [0, 0.05) is 38.9 Å². The maximum absolute atomic E-state index is 12.7. The van der Waals surface area contributed by atoms with Crippen LogP contribution in [0.3, 0.4) is 0 Å². The number of amides is 1. The van der Waals surface area contributed by atoms with Crippen LogP contribution in [0.4, 0.5) is 0 Å². The molecule has 0 bridgehead atoms. The first-order chi connectivity index (χ1) is 11.5. The molecule has 7 nitrogen and oxygen atoms in total. The average Bonchev–Trinajstić information content (AvgIpc) is 3.23. The lowest BCUT2D eigenvalue weighted by molar-refractivity contribution is 0.0942. The van der Waals surface area contributed by atoms with Gasteiger partial charge < -0.3 is 15.2 Å². The van der Waals surface area contributed by atoms with Crippen LogP contribution < -0.4 is 10.6 Å². The highest BCUT2D eigenvalue weighted by Crippen LogP contribution is 2.22. The van der Waals surface area contributed by atoms with Crippen LogP contribution in [0.15, 0.2) is 17.2 Å². The number of sulfonamides is 1. The Morgan fingerprint density at radius 3 is 2.71 bits per heavy atom. The van der Waals surface area contributed by atoms with Crippen molar-refractivity contribution < 1.29 is 13.2 Å². The summed E-state index contributed by atoms with van der Waals surface area (Å²) in [6.45, 7) is 2.68. The van der Waals surface area contributed by atoms with Crippen molar-refractivity contribution in [1.29, 1.82) is 0 Å². The molecule has 1 aromatic rings. The fourth-order valence-electron chi connectivity index (χ4n) is 3.39. The molecule has 8 heteroatoms. The monoisotopic (exact) mass is 354 g/mol. The van der Waals surface area contributed by atoms with E-state index in [-0.39, 0.29) is 10.8 Å². The predicted molar refractivity (Wildman–Crippen MR) is 91.4 cm³/mol. The number of nitrogens with one attached hydrogen (secondary N) is 2. The lowest BCUT2D eigenvalue weighted by atomic mass is 10.2. The van der Waals surface area contributed by atoms with Gasteiger partial charge in [0.05, 0.1) is 0 Å². The van der Waals surface area contributed by atoms with E-state index >= 15 is 0 Å². The molecule has 2 N–H and O–H groups in total. The Kier molecular flexibility index (Phi) is 5.27. The number of carbonyl (C=O) groups excluding carboxylic acids is 1. The molecule has 1 atom stereocenters. The van der Waals surface area contributed by atoms with Gasteiger partial charge in [0.2, 0.25) is 10.0 Å². The number of aryl methyl sites for hydroxylation is 1. The van der Waals surface area contributed by atoms with E-state index < -0.39 is 10.0 Å². The largest absolute Gasteiger partial charge is 0.349 e. The quantitative estimate of drug-likeness (QED) is 0.815. The second-order valence-corrected chi connectivity index (χ2v) is 8.58. The molecule has 0 aliphatic carbocycles. The normalized spacial score (nSPS) is 22.6. The van der Waals surface area contributed by atoms with Gasteiger partial charge >= 0.3 is 0 Å². The van der Waals surface area contributed by atoms with Crippen LogP contribution in [0.1, 0.15) is 42.6 Å². The maximum atomic E-state index is 12.7. The highest BCUT2D eigenvalue weighted by Gasteiger charge is 2.28. The summed E-state index contributed by atoms with van der Waals surface area (Å²) in [5, 5.41) is 6.22. The molecule has 3 heterocycles. The number of aromatic nitrogens is 1. The van der Waals surface area contributed by atoms with Crippen LogP contribution in [0.25, 0.3) is 0 Å². The molecule has 134 valence electrons. The molecular formula is C16H26N4O3S. The molecule has 1 amide bonds. The molecule has 0 aromatic carbocycles. The summed E-state index contributed by atoms with van der Waals surface area (Å²) in [6.07, 6.45) is 6.59. The van der Waals surface area contributed by atoms with E-state index in [0.717, 1.165) is 38.6 Å². The first-order valence-corrected chi connectivity index (χ1v) is 10.1.